The van der Waals surface area contributed by atoms with Gasteiger partial charge >= 0.3 is 0 Å². The fourth-order valence-corrected chi connectivity index (χ4v) is 2.13. The summed E-state index contributed by atoms with van der Waals surface area (Å²) in [6, 6.07) is 0.993. The topological polar surface area (TPSA) is 43.8 Å². The van der Waals surface area contributed by atoms with Crippen molar-refractivity contribution < 1.29 is 0 Å². The second kappa shape index (κ2) is 4.35. The molecule has 0 saturated heterocycles. The van der Waals surface area contributed by atoms with Gasteiger partial charge in [0, 0.05) is 30.4 Å². The predicted molar refractivity (Wildman–Crippen MR) is 61.6 cm³/mol. The van der Waals surface area contributed by atoms with E-state index < -0.39 is 0 Å². The highest BCUT2D eigenvalue weighted by Crippen LogP contribution is 2.35. The molecule has 3 heteroatoms. The van der Waals surface area contributed by atoms with Crippen molar-refractivity contribution in [3.05, 3.63) is 18.2 Å². The summed E-state index contributed by atoms with van der Waals surface area (Å²) in [6.45, 7) is 4.44. The minimum absolute atomic E-state index is 0.277. The van der Waals surface area contributed by atoms with Crippen molar-refractivity contribution in [3.8, 4) is 0 Å². The molecule has 1 unspecified atom stereocenters. The van der Waals surface area contributed by atoms with E-state index in [4.69, 9.17) is 5.73 Å². The van der Waals surface area contributed by atoms with Gasteiger partial charge in [0.2, 0.25) is 0 Å². The molecule has 1 aromatic rings. The molecule has 1 aromatic heterocycles. The molecule has 1 aliphatic rings. The lowest BCUT2D eigenvalue weighted by Crippen LogP contribution is -2.25. The molecule has 1 aliphatic carbocycles. The highest BCUT2D eigenvalue weighted by atomic mass is 15.1. The van der Waals surface area contributed by atoms with E-state index in [2.05, 4.69) is 23.4 Å². The van der Waals surface area contributed by atoms with E-state index in [9.17, 15) is 0 Å². The molecule has 1 heterocycles. The summed E-state index contributed by atoms with van der Waals surface area (Å²) in [5, 5.41) is 0. The van der Waals surface area contributed by atoms with Crippen molar-refractivity contribution in [1.29, 1.82) is 0 Å². The molecule has 1 atom stereocenters. The van der Waals surface area contributed by atoms with Crippen LogP contribution in [0.1, 0.15) is 44.8 Å². The number of hydrogen-bond acceptors (Lipinski definition) is 2. The molecule has 1 saturated carbocycles. The summed E-state index contributed by atoms with van der Waals surface area (Å²) in [5.74, 6) is 0.678. The molecule has 0 radical (unpaired) electrons. The van der Waals surface area contributed by atoms with E-state index in [1.54, 1.807) is 0 Å². The molecule has 0 aromatic carbocycles. The first-order chi connectivity index (χ1) is 7.16. The largest absolute Gasteiger partial charge is 0.331 e. The van der Waals surface area contributed by atoms with Gasteiger partial charge in [0.05, 0.1) is 6.33 Å². The molecule has 1 fully saturated rings. The zero-order valence-electron chi connectivity index (χ0n) is 9.69. The van der Waals surface area contributed by atoms with Crippen LogP contribution in [0, 0.1) is 5.92 Å². The first-order valence-corrected chi connectivity index (χ1v) is 5.93. The normalized spacial score (nSPS) is 18.4. The minimum atomic E-state index is 0.277. The Hall–Kier alpha value is -0.830. The third-order valence-corrected chi connectivity index (χ3v) is 2.93. The van der Waals surface area contributed by atoms with Crippen LogP contribution in [0.4, 0.5) is 0 Å². The quantitative estimate of drug-likeness (QED) is 0.804. The van der Waals surface area contributed by atoms with Crippen LogP contribution < -0.4 is 5.73 Å². The van der Waals surface area contributed by atoms with Gasteiger partial charge in [-0.3, -0.25) is 0 Å². The van der Waals surface area contributed by atoms with Crippen LogP contribution in [-0.4, -0.2) is 15.6 Å². The number of nitrogens with zero attached hydrogens (tertiary/aromatic N) is 2. The summed E-state index contributed by atoms with van der Waals surface area (Å²) in [7, 11) is 0. The van der Waals surface area contributed by atoms with Crippen molar-refractivity contribution >= 4 is 0 Å². The maximum absolute atomic E-state index is 6.11. The third-order valence-electron chi connectivity index (χ3n) is 2.93. The van der Waals surface area contributed by atoms with Gasteiger partial charge in [-0.15, -0.1) is 0 Å². The average Bonchev–Trinajstić information content (AvgIpc) is 2.87. The van der Waals surface area contributed by atoms with E-state index in [-0.39, 0.29) is 6.04 Å². The van der Waals surface area contributed by atoms with E-state index >= 15 is 0 Å². The van der Waals surface area contributed by atoms with Gasteiger partial charge < -0.3 is 10.3 Å². The van der Waals surface area contributed by atoms with Crippen molar-refractivity contribution in [3.63, 3.8) is 0 Å². The summed E-state index contributed by atoms with van der Waals surface area (Å²) < 4.78 is 2.31. The van der Waals surface area contributed by atoms with Crippen LogP contribution in [0.2, 0.25) is 0 Å². The lowest BCUT2D eigenvalue weighted by Gasteiger charge is -2.15. The summed E-state index contributed by atoms with van der Waals surface area (Å²) in [4.78, 5) is 4.22. The van der Waals surface area contributed by atoms with Crippen LogP contribution in [0.5, 0.6) is 0 Å². The first-order valence-electron chi connectivity index (χ1n) is 5.93. The van der Waals surface area contributed by atoms with Crippen LogP contribution >= 0.6 is 0 Å². The molecule has 84 valence electrons. The molecule has 2 N–H and O–H groups in total. The fraction of sp³-hybridized carbons (Fsp3) is 0.750. The number of rotatable bonds is 5. The molecule has 15 heavy (non-hydrogen) atoms. The number of imidazole rings is 1. The van der Waals surface area contributed by atoms with Crippen LogP contribution in [0.15, 0.2) is 12.5 Å². The molecule has 0 aliphatic heterocycles. The second-order valence-electron chi connectivity index (χ2n) is 5.12. The Bertz CT molecular complexity index is 312. The Morgan fingerprint density at radius 1 is 1.53 bits per heavy atom. The first kappa shape index (κ1) is 10.7. The zero-order chi connectivity index (χ0) is 10.8. The Labute approximate surface area is 91.7 Å². The summed E-state index contributed by atoms with van der Waals surface area (Å²) in [5.41, 5.74) is 7.42. The van der Waals surface area contributed by atoms with Gasteiger partial charge in [0.1, 0.15) is 0 Å². The minimum Gasteiger partial charge on any atom is -0.331 e. The number of nitrogens with two attached hydrogens (primary N) is 1. The Kier molecular flexibility index (Phi) is 3.10. The molecule has 0 amide bonds. The standard InChI is InChI=1S/C12H21N3/c1-9(2)5-10(13)6-12-7-14-8-15(12)11-3-4-11/h7-11H,3-6,13H2,1-2H3. The van der Waals surface area contributed by atoms with Gasteiger partial charge in [-0.2, -0.15) is 0 Å². The van der Waals surface area contributed by atoms with Crippen LogP contribution in [-0.2, 0) is 6.42 Å². The van der Waals surface area contributed by atoms with Crippen LogP contribution in [0.3, 0.4) is 0 Å². The highest BCUT2D eigenvalue weighted by Gasteiger charge is 2.25. The molecule has 0 spiro atoms. The average molecular weight is 207 g/mol. The van der Waals surface area contributed by atoms with Crippen molar-refractivity contribution in [2.75, 3.05) is 0 Å². The predicted octanol–water partition coefficient (Wildman–Crippen LogP) is 2.13. The zero-order valence-corrected chi connectivity index (χ0v) is 9.69. The molecular formula is C12H21N3. The summed E-state index contributed by atoms with van der Waals surface area (Å²) in [6.07, 6.45) is 8.60. The monoisotopic (exact) mass is 207 g/mol. The van der Waals surface area contributed by atoms with E-state index in [1.165, 1.54) is 18.5 Å². The van der Waals surface area contributed by atoms with Crippen molar-refractivity contribution in [2.45, 2.75) is 51.6 Å². The van der Waals surface area contributed by atoms with E-state index in [1.807, 2.05) is 12.5 Å². The van der Waals surface area contributed by atoms with Gasteiger partial charge in [0.25, 0.3) is 0 Å². The third kappa shape index (κ3) is 2.81. The van der Waals surface area contributed by atoms with Gasteiger partial charge in [-0.05, 0) is 25.2 Å². The highest BCUT2D eigenvalue weighted by molar-refractivity contribution is 5.05. The van der Waals surface area contributed by atoms with E-state index in [0.717, 1.165) is 12.8 Å². The van der Waals surface area contributed by atoms with Crippen LogP contribution in [0.25, 0.3) is 0 Å². The molecule has 2 rings (SSSR count). The maximum atomic E-state index is 6.11. The molecule has 0 bridgehead atoms. The lowest BCUT2D eigenvalue weighted by atomic mass is 10.0. The van der Waals surface area contributed by atoms with Crippen molar-refractivity contribution in [2.24, 2.45) is 11.7 Å². The SMILES string of the molecule is CC(C)CC(N)Cc1cncn1C1CC1. The van der Waals surface area contributed by atoms with E-state index in [0.29, 0.717) is 12.0 Å². The lowest BCUT2D eigenvalue weighted by molar-refractivity contribution is 0.483. The number of hydrogen-bond donors (Lipinski definition) is 1. The smallest absolute Gasteiger partial charge is 0.0950 e. The Balaban J connectivity index is 1.94. The van der Waals surface area contributed by atoms with Gasteiger partial charge in [-0.25, -0.2) is 4.98 Å². The fourth-order valence-electron chi connectivity index (χ4n) is 2.13. The van der Waals surface area contributed by atoms with Gasteiger partial charge in [0.15, 0.2) is 0 Å². The number of aromatic nitrogens is 2. The van der Waals surface area contributed by atoms with Gasteiger partial charge in [-0.1, -0.05) is 13.8 Å². The van der Waals surface area contributed by atoms with Crippen molar-refractivity contribution in [1.82, 2.24) is 9.55 Å². The Morgan fingerprint density at radius 2 is 2.27 bits per heavy atom. The molecule has 3 nitrogen and oxygen atoms in total. The second-order valence-corrected chi connectivity index (χ2v) is 5.12. The molecular weight excluding hydrogens is 186 g/mol. The summed E-state index contributed by atoms with van der Waals surface area (Å²) >= 11 is 0. The Morgan fingerprint density at radius 3 is 2.87 bits per heavy atom. The maximum Gasteiger partial charge on any atom is 0.0950 e.